The van der Waals surface area contributed by atoms with Gasteiger partial charge in [-0.15, -0.1) is 0 Å². The Labute approximate surface area is 121 Å². The number of aromatic amines is 1. The summed E-state index contributed by atoms with van der Waals surface area (Å²) in [4.78, 5) is 36.2. The van der Waals surface area contributed by atoms with Gasteiger partial charge in [0.2, 0.25) is 0 Å². The topological polar surface area (TPSA) is 99.3 Å². The molecule has 0 radical (unpaired) electrons. The number of aliphatic carboxylic acids is 1. The number of halogens is 1. The van der Waals surface area contributed by atoms with Gasteiger partial charge < -0.3 is 15.4 Å². The van der Waals surface area contributed by atoms with Crippen LogP contribution in [0.3, 0.4) is 0 Å². The fourth-order valence-corrected chi connectivity index (χ4v) is 2.00. The molecule has 0 saturated carbocycles. The molecule has 6 nitrogen and oxygen atoms in total. The average molecular weight is 301 g/mol. The maximum absolute atomic E-state index is 12.0. The zero-order valence-electron chi connectivity index (χ0n) is 11.3. The van der Waals surface area contributed by atoms with E-state index in [1.807, 2.05) is 13.8 Å². The van der Waals surface area contributed by atoms with E-state index in [0.717, 1.165) is 0 Å². The molecule has 0 aliphatic heterocycles. The molecule has 0 saturated heterocycles. The van der Waals surface area contributed by atoms with Gasteiger partial charge in [-0.3, -0.25) is 14.4 Å². The Morgan fingerprint density at radius 2 is 2.10 bits per heavy atom. The SMILES string of the molecule is CC(C)CC(CC(=O)O)NC(=O)c1c[nH]c(=O)c(Cl)c1. The van der Waals surface area contributed by atoms with E-state index in [9.17, 15) is 14.4 Å². The molecule has 1 atom stereocenters. The summed E-state index contributed by atoms with van der Waals surface area (Å²) >= 11 is 5.65. The molecule has 1 amide bonds. The van der Waals surface area contributed by atoms with E-state index in [2.05, 4.69) is 10.3 Å². The Bertz CT molecular complexity index is 554. The standard InChI is InChI=1S/C13H17ClN2O4/c1-7(2)3-9(5-11(17)18)16-12(19)8-4-10(14)13(20)15-6-8/h4,6-7,9H,3,5H2,1-2H3,(H,15,20)(H,16,19)(H,17,18). The molecular formula is C13H17ClN2O4. The molecule has 0 bridgehead atoms. The minimum absolute atomic E-state index is 0.0868. The molecular weight excluding hydrogens is 284 g/mol. The first-order valence-electron chi connectivity index (χ1n) is 6.20. The van der Waals surface area contributed by atoms with Crippen LogP contribution in [0.2, 0.25) is 5.02 Å². The number of nitrogens with one attached hydrogen (secondary N) is 2. The van der Waals surface area contributed by atoms with E-state index in [1.165, 1.54) is 12.3 Å². The zero-order valence-corrected chi connectivity index (χ0v) is 12.0. The number of aromatic nitrogens is 1. The minimum Gasteiger partial charge on any atom is -0.481 e. The van der Waals surface area contributed by atoms with Gasteiger partial charge in [-0.05, 0) is 18.4 Å². The van der Waals surface area contributed by atoms with Crippen LogP contribution in [0.5, 0.6) is 0 Å². The number of carboxylic acids is 1. The third-order valence-corrected chi connectivity index (χ3v) is 2.91. The van der Waals surface area contributed by atoms with Gasteiger partial charge in [-0.25, -0.2) is 0 Å². The van der Waals surface area contributed by atoms with Crippen LogP contribution in [0.4, 0.5) is 0 Å². The molecule has 1 rings (SSSR count). The average Bonchev–Trinajstić information content (AvgIpc) is 2.30. The molecule has 0 fully saturated rings. The van der Waals surface area contributed by atoms with E-state index in [0.29, 0.717) is 6.42 Å². The molecule has 0 spiro atoms. The molecule has 1 heterocycles. The number of pyridine rings is 1. The highest BCUT2D eigenvalue weighted by atomic mass is 35.5. The fraction of sp³-hybridized carbons (Fsp3) is 0.462. The van der Waals surface area contributed by atoms with Crippen LogP contribution in [0, 0.1) is 5.92 Å². The van der Waals surface area contributed by atoms with Gasteiger partial charge >= 0.3 is 5.97 Å². The first kappa shape index (κ1) is 16.2. The molecule has 1 aromatic heterocycles. The van der Waals surface area contributed by atoms with Crippen molar-refractivity contribution in [3.8, 4) is 0 Å². The second-order valence-electron chi connectivity index (χ2n) is 4.96. The van der Waals surface area contributed by atoms with Crippen LogP contribution in [-0.2, 0) is 4.79 Å². The van der Waals surface area contributed by atoms with Crippen molar-refractivity contribution in [2.24, 2.45) is 5.92 Å². The van der Waals surface area contributed by atoms with Crippen LogP contribution in [0.1, 0.15) is 37.0 Å². The summed E-state index contributed by atoms with van der Waals surface area (Å²) in [6.45, 7) is 3.88. The highest BCUT2D eigenvalue weighted by Crippen LogP contribution is 2.10. The second-order valence-corrected chi connectivity index (χ2v) is 5.37. The first-order chi connectivity index (χ1) is 9.29. The van der Waals surface area contributed by atoms with E-state index in [-0.39, 0.29) is 22.9 Å². The third-order valence-electron chi connectivity index (χ3n) is 2.63. The van der Waals surface area contributed by atoms with Crippen molar-refractivity contribution in [1.29, 1.82) is 0 Å². The number of carbonyl (C=O) groups is 2. The van der Waals surface area contributed by atoms with E-state index in [1.54, 1.807) is 0 Å². The Morgan fingerprint density at radius 3 is 2.60 bits per heavy atom. The van der Waals surface area contributed by atoms with Gasteiger partial charge in [0.25, 0.3) is 11.5 Å². The maximum atomic E-state index is 12.0. The number of amides is 1. The Balaban J connectivity index is 2.81. The van der Waals surface area contributed by atoms with E-state index in [4.69, 9.17) is 16.7 Å². The minimum atomic E-state index is -0.976. The summed E-state index contributed by atoms with van der Waals surface area (Å²) in [6, 6.07) is 0.786. The summed E-state index contributed by atoms with van der Waals surface area (Å²) in [6.07, 6.45) is 1.65. The summed E-state index contributed by atoms with van der Waals surface area (Å²) in [5, 5.41) is 11.4. The van der Waals surface area contributed by atoms with E-state index >= 15 is 0 Å². The number of hydrogen-bond acceptors (Lipinski definition) is 3. The number of hydrogen-bond donors (Lipinski definition) is 3. The monoisotopic (exact) mass is 300 g/mol. The smallest absolute Gasteiger partial charge is 0.305 e. The van der Waals surface area contributed by atoms with Crippen molar-refractivity contribution >= 4 is 23.5 Å². The Kier molecular flexibility index (Phi) is 5.76. The zero-order chi connectivity index (χ0) is 15.3. The van der Waals surface area contributed by atoms with Crippen LogP contribution in [-0.4, -0.2) is 28.0 Å². The van der Waals surface area contributed by atoms with Crippen molar-refractivity contribution in [3.05, 3.63) is 33.2 Å². The van der Waals surface area contributed by atoms with E-state index < -0.39 is 23.5 Å². The van der Waals surface area contributed by atoms with Crippen molar-refractivity contribution in [3.63, 3.8) is 0 Å². The molecule has 20 heavy (non-hydrogen) atoms. The lowest BCUT2D eigenvalue weighted by Gasteiger charge is -2.18. The number of carboxylic acid groups (broad SMARTS) is 1. The van der Waals surface area contributed by atoms with Gasteiger partial charge in [0.15, 0.2) is 0 Å². The quantitative estimate of drug-likeness (QED) is 0.743. The van der Waals surface area contributed by atoms with Crippen molar-refractivity contribution in [2.75, 3.05) is 0 Å². The number of H-pyrrole nitrogens is 1. The molecule has 1 aromatic rings. The van der Waals surface area contributed by atoms with Gasteiger partial charge in [0.1, 0.15) is 5.02 Å². The summed E-state index contributed by atoms with van der Waals surface area (Å²) in [5.74, 6) is -1.19. The summed E-state index contributed by atoms with van der Waals surface area (Å²) in [7, 11) is 0. The Hall–Kier alpha value is -1.82. The van der Waals surface area contributed by atoms with Gasteiger partial charge in [0.05, 0.1) is 12.0 Å². The fourth-order valence-electron chi connectivity index (χ4n) is 1.83. The number of rotatable bonds is 6. The normalized spacial score (nSPS) is 12.2. The largest absolute Gasteiger partial charge is 0.481 e. The van der Waals surface area contributed by atoms with Crippen molar-refractivity contribution < 1.29 is 14.7 Å². The van der Waals surface area contributed by atoms with Crippen molar-refractivity contribution in [1.82, 2.24) is 10.3 Å². The molecule has 7 heteroatoms. The van der Waals surface area contributed by atoms with Gasteiger partial charge in [-0.1, -0.05) is 25.4 Å². The van der Waals surface area contributed by atoms with Crippen LogP contribution in [0.25, 0.3) is 0 Å². The van der Waals surface area contributed by atoms with Crippen LogP contribution >= 0.6 is 11.6 Å². The third kappa shape index (κ3) is 5.05. The summed E-state index contributed by atoms with van der Waals surface area (Å²) in [5.41, 5.74) is -0.291. The lowest BCUT2D eigenvalue weighted by Crippen LogP contribution is -2.37. The van der Waals surface area contributed by atoms with Gasteiger partial charge in [0, 0.05) is 12.2 Å². The second kappa shape index (κ2) is 7.09. The highest BCUT2D eigenvalue weighted by molar-refractivity contribution is 6.30. The van der Waals surface area contributed by atoms with Crippen LogP contribution in [0.15, 0.2) is 17.1 Å². The molecule has 0 aliphatic carbocycles. The predicted molar refractivity (Wildman–Crippen MR) is 75.0 cm³/mol. The Morgan fingerprint density at radius 1 is 1.45 bits per heavy atom. The number of carbonyl (C=O) groups excluding carboxylic acids is 1. The first-order valence-corrected chi connectivity index (χ1v) is 6.58. The molecule has 1 unspecified atom stereocenters. The summed E-state index contributed by atoms with van der Waals surface area (Å²) < 4.78 is 0. The lowest BCUT2D eigenvalue weighted by atomic mass is 10.0. The van der Waals surface area contributed by atoms with Crippen molar-refractivity contribution in [2.45, 2.75) is 32.7 Å². The molecule has 0 aromatic carbocycles. The lowest BCUT2D eigenvalue weighted by molar-refractivity contribution is -0.137. The molecule has 3 N–H and O–H groups in total. The molecule has 110 valence electrons. The molecule has 0 aliphatic rings. The van der Waals surface area contributed by atoms with Gasteiger partial charge in [-0.2, -0.15) is 0 Å². The highest BCUT2D eigenvalue weighted by Gasteiger charge is 2.18. The predicted octanol–water partition coefficient (Wildman–Crippen LogP) is 1.65. The maximum Gasteiger partial charge on any atom is 0.305 e. The van der Waals surface area contributed by atoms with Crippen LogP contribution < -0.4 is 10.9 Å².